The minimum atomic E-state index is -0.411. The largest absolute Gasteiger partial charge is 0.496 e. The quantitative estimate of drug-likeness (QED) is 0.771. The van der Waals surface area contributed by atoms with Crippen LogP contribution in [0.2, 0.25) is 5.02 Å². The second-order valence-electron chi connectivity index (χ2n) is 5.76. The second kappa shape index (κ2) is 8.78. The first-order valence-corrected chi connectivity index (χ1v) is 7.89. The van der Waals surface area contributed by atoms with E-state index < -0.39 is 5.91 Å². The molecule has 0 atom stereocenters. The van der Waals surface area contributed by atoms with Crippen LogP contribution in [-0.2, 0) is 0 Å². The van der Waals surface area contributed by atoms with Gasteiger partial charge < -0.3 is 20.7 Å². The van der Waals surface area contributed by atoms with Crippen LogP contribution in [0.5, 0.6) is 5.75 Å². The lowest BCUT2D eigenvalue weighted by Gasteiger charge is -2.15. The van der Waals surface area contributed by atoms with Crippen LogP contribution in [0.1, 0.15) is 26.3 Å². The third-order valence-corrected chi connectivity index (χ3v) is 4.02. The fourth-order valence-electron chi connectivity index (χ4n) is 2.28. The third-order valence-electron chi connectivity index (χ3n) is 3.70. The van der Waals surface area contributed by atoms with Gasteiger partial charge in [0, 0.05) is 31.4 Å². The van der Waals surface area contributed by atoms with Gasteiger partial charge in [-0.2, -0.15) is 0 Å². The average Bonchev–Trinajstić information content (AvgIpc) is 2.57. The molecule has 0 unspecified atom stereocenters. The van der Waals surface area contributed by atoms with Gasteiger partial charge >= 0.3 is 0 Å². The number of benzene rings is 2. The summed E-state index contributed by atoms with van der Waals surface area (Å²) in [5.41, 5.74) is 8.14. The summed E-state index contributed by atoms with van der Waals surface area (Å²) in [6.07, 6.45) is 0. The summed E-state index contributed by atoms with van der Waals surface area (Å²) in [5, 5.41) is 3.01. The Kier molecular flexibility index (Phi) is 7.29. The Morgan fingerprint density at radius 2 is 1.81 bits per heavy atom. The number of nitrogens with zero attached hydrogens (tertiary/aromatic N) is 1. The fraction of sp³-hybridized carbons (Fsp3) is 0.222. The molecule has 0 saturated carbocycles. The van der Waals surface area contributed by atoms with Crippen LogP contribution in [-0.4, -0.2) is 37.9 Å². The highest BCUT2D eigenvalue weighted by atomic mass is 35.5. The molecular weight excluding hydrogens is 377 g/mol. The zero-order valence-electron chi connectivity index (χ0n) is 14.9. The van der Waals surface area contributed by atoms with Crippen molar-refractivity contribution in [2.45, 2.75) is 6.92 Å². The lowest BCUT2D eigenvalue weighted by molar-refractivity contribution is 0.0826. The van der Waals surface area contributed by atoms with E-state index in [1.165, 1.54) is 24.1 Å². The van der Waals surface area contributed by atoms with Gasteiger partial charge in [0.25, 0.3) is 11.8 Å². The van der Waals surface area contributed by atoms with Crippen LogP contribution in [0, 0.1) is 6.92 Å². The number of ether oxygens (including phenoxy) is 1. The van der Waals surface area contributed by atoms with E-state index in [4.69, 9.17) is 22.1 Å². The van der Waals surface area contributed by atoms with E-state index in [0.717, 1.165) is 5.56 Å². The zero-order chi connectivity index (χ0) is 18.7. The van der Waals surface area contributed by atoms with Crippen LogP contribution in [0.25, 0.3) is 0 Å². The first-order chi connectivity index (χ1) is 11.7. The van der Waals surface area contributed by atoms with E-state index in [0.29, 0.717) is 22.7 Å². The van der Waals surface area contributed by atoms with E-state index in [-0.39, 0.29) is 28.9 Å². The molecule has 8 heteroatoms. The minimum absolute atomic E-state index is 0. The molecule has 2 aromatic carbocycles. The summed E-state index contributed by atoms with van der Waals surface area (Å²) in [7, 11) is 4.79. The van der Waals surface area contributed by atoms with Gasteiger partial charge in [-0.15, -0.1) is 12.4 Å². The van der Waals surface area contributed by atoms with Crippen LogP contribution in [0.15, 0.2) is 30.3 Å². The summed E-state index contributed by atoms with van der Waals surface area (Å²) >= 11 is 6.00. The van der Waals surface area contributed by atoms with Gasteiger partial charge in [0.1, 0.15) is 5.75 Å². The summed E-state index contributed by atoms with van der Waals surface area (Å²) < 4.78 is 5.19. The molecule has 0 aromatic heterocycles. The molecule has 26 heavy (non-hydrogen) atoms. The van der Waals surface area contributed by atoms with E-state index in [2.05, 4.69) is 5.32 Å². The number of anilines is 2. The molecule has 0 saturated heterocycles. The summed E-state index contributed by atoms with van der Waals surface area (Å²) in [6.45, 7) is 1.84. The monoisotopic (exact) mass is 397 g/mol. The van der Waals surface area contributed by atoms with Crippen LogP contribution in [0.3, 0.4) is 0 Å². The van der Waals surface area contributed by atoms with Gasteiger partial charge in [-0.1, -0.05) is 17.7 Å². The molecule has 0 bridgehead atoms. The number of hydrogen-bond donors (Lipinski definition) is 2. The van der Waals surface area contributed by atoms with Crippen molar-refractivity contribution in [1.29, 1.82) is 0 Å². The van der Waals surface area contributed by atoms with Crippen molar-refractivity contribution in [2.75, 3.05) is 32.3 Å². The van der Waals surface area contributed by atoms with Gasteiger partial charge in [-0.25, -0.2) is 0 Å². The van der Waals surface area contributed by atoms with Crippen LogP contribution in [0.4, 0.5) is 11.4 Å². The number of aryl methyl sites for hydroxylation is 1. The number of halogens is 2. The van der Waals surface area contributed by atoms with Crippen molar-refractivity contribution in [1.82, 2.24) is 4.90 Å². The van der Waals surface area contributed by atoms with E-state index >= 15 is 0 Å². The van der Waals surface area contributed by atoms with Crippen molar-refractivity contribution >= 4 is 47.2 Å². The number of nitrogens with one attached hydrogen (secondary N) is 1. The third kappa shape index (κ3) is 4.59. The maximum Gasteiger partial charge on any atom is 0.259 e. The molecule has 3 N–H and O–H groups in total. The number of nitrogens with two attached hydrogens (primary N) is 1. The minimum Gasteiger partial charge on any atom is -0.496 e. The number of carbonyl (C=O) groups is 2. The highest BCUT2D eigenvalue weighted by molar-refractivity contribution is 6.33. The van der Waals surface area contributed by atoms with Crippen molar-refractivity contribution < 1.29 is 14.3 Å². The van der Waals surface area contributed by atoms with Gasteiger partial charge in [-0.3, -0.25) is 9.59 Å². The Labute approximate surface area is 163 Å². The Balaban J connectivity index is 0.00000338. The molecule has 0 radical (unpaired) electrons. The van der Waals surface area contributed by atoms with Crippen molar-refractivity contribution in [3.8, 4) is 5.75 Å². The van der Waals surface area contributed by atoms with Gasteiger partial charge in [-0.05, 0) is 30.7 Å². The highest BCUT2D eigenvalue weighted by Crippen LogP contribution is 2.29. The molecule has 0 heterocycles. The number of rotatable bonds is 4. The predicted octanol–water partition coefficient (Wildman–Crippen LogP) is 3.62. The van der Waals surface area contributed by atoms with Crippen LogP contribution < -0.4 is 15.8 Å². The lowest BCUT2D eigenvalue weighted by atomic mass is 10.1. The number of methoxy groups -OCH3 is 1. The Hall–Kier alpha value is -2.44. The van der Waals surface area contributed by atoms with E-state index in [1.54, 1.807) is 32.3 Å². The lowest BCUT2D eigenvalue weighted by Crippen LogP contribution is -2.23. The van der Waals surface area contributed by atoms with Crippen molar-refractivity contribution in [2.24, 2.45) is 0 Å². The first-order valence-electron chi connectivity index (χ1n) is 7.51. The molecule has 2 rings (SSSR count). The smallest absolute Gasteiger partial charge is 0.259 e. The average molecular weight is 398 g/mol. The fourth-order valence-corrected chi connectivity index (χ4v) is 2.45. The number of amides is 2. The second-order valence-corrected chi connectivity index (χ2v) is 6.16. The molecule has 6 nitrogen and oxygen atoms in total. The molecular formula is C18H21Cl2N3O3. The SMILES string of the molecule is COc1cc(N)c(Cl)cc1C(=O)Nc1ccc(C)c(C(=O)N(C)C)c1.Cl. The number of nitrogen functional groups attached to an aromatic ring is 1. The molecule has 0 aliphatic heterocycles. The maximum absolute atomic E-state index is 12.6. The molecule has 0 aliphatic rings. The molecule has 2 amide bonds. The van der Waals surface area contributed by atoms with Crippen molar-refractivity contribution in [3.63, 3.8) is 0 Å². The Morgan fingerprint density at radius 1 is 1.15 bits per heavy atom. The molecule has 0 fully saturated rings. The number of hydrogen-bond acceptors (Lipinski definition) is 4. The summed E-state index contributed by atoms with van der Waals surface area (Å²) in [5.74, 6) is -0.233. The van der Waals surface area contributed by atoms with Gasteiger partial charge in [0.15, 0.2) is 0 Å². The summed E-state index contributed by atoms with van der Waals surface area (Å²) in [4.78, 5) is 26.3. The Morgan fingerprint density at radius 3 is 2.38 bits per heavy atom. The summed E-state index contributed by atoms with van der Waals surface area (Å²) in [6, 6.07) is 8.09. The molecule has 0 spiro atoms. The molecule has 0 aliphatic carbocycles. The predicted molar refractivity (Wildman–Crippen MR) is 107 cm³/mol. The zero-order valence-corrected chi connectivity index (χ0v) is 16.5. The maximum atomic E-state index is 12.6. The molecule has 140 valence electrons. The van der Waals surface area contributed by atoms with Crippen LogP contribution >= 0.6 is 24.0 Å². The van der Waals surface area contributed by atoms with Gasteiger partial charge in [0.2, 0.25) is 0 Å². The highest BCUT2D eigenvalue weighted by Gasteiger charge is 2.17. The topological polar surface area (TPSA) is 84.7 Å². The first kappa shape index (κ1) is 21.6. The normalized spacial score (nSPS) is 9.88. The Bertz CT molecular complexity index is 839. The van der Waals surface area contributed by atoms with E-state index in [9.17, 15) is 9.59 Å². The van der Waals surface area contributed by atoms with Crippen molar-refractivity contribution in [3.05, 3.63) is 52.0 Å². The molecule has 2 aromatic rings. The number of carbonyl (C=O) groups excluding carboxylic acids is 2. The van der Waals surface area contributed by atoms with Gasteiger partial charge in [0.05, 0.1) is 23.4 Å². The standard InChI is InChI=1S/C18H20ClN3O3.ClH/c1-10-5-6-11(7-12(10)18(24)22(2)3)21-17(23)13-8-14(19)15(20)9-16(13)25-4;/h5-9H,20H2,1-4H3,(H,21,23);1H. The van der Waals surface area contributed by atoms with E-state index in [1.807, 2.05) is 6.92 Å².